The van der Waals surface area contributed by atoms with Gasteiger partial charge in [-0.05, 0) is 55.8 Å². The summed E-state index contributed by atoms with van der Waals surface area (Å²) in [5.41, 5.74) is 0.857. The van der Waals surface area contributed by atoms with E-state index in [1.165, 1.54) is 18.2 Å². The van der Waals surface area contributed by atoms with E-state index in [2.05, 4.69) is 10.6 Å². The number of benzene rings is 2. The summed E-state index contributed by atoms with van der Waals surface area (Å²) >= 11 is 12.0. The van der Waals surface area contributed by atoms with Gasteiger partial charge in [0, 0.05) is 10.7 Å². The zero-order valence-corrected chi connectivity index (χ0v) is 15.9. The molecule has 3 rings (SSSR count). The molecule has 142 valence electrons. The van der Waals surface area contributed by atoms with Crippen LogP contribution >= 0.6 is 23.2 Å². The summed E-state index contributed by atoms with van der Waals surface area (Å²) in [4.78, 5) is 26.7. The molecule has 1 aliphatic rings. The summed E-state index contributed by atoms with van der Waals surface area (Å²) in [7, 11) is 0. The van der Waals surface area contributed by atoms with E-state index in [1.54, 1.807) is 29.2 Å². The molecule has 2 amide bonds. The van der Waals surface area contributed by atoms with Crippen molar-refractivity contribution in [2.45, 2.75) is 18.9 Å². The highest BCUT2D eigenvalue weighted by Gasteiger charge is 2.32. The predicted molar refractivity (Wildman–Crippen MR) is 105 cm³/mol. The Morgan fingerprint density at radius 2 is 1.96 bits per heavy atom. The minimum absolute atomic E-state index is 0.0446. The van der Waals surface area contributed by atoms with Crippen LogP contribution in [0, 0.1) is 5.82 Å². The van der Waals surface area contributed by atoms with Crippen molar-refractivity contribution in [3.63, 3.8) is 0 Å². The number of rotatable bonds is 5. The maximum Gasteiger partial charge on any atom is 0.241 e. The summed E-state index contributed by atoms with van der Waals surface area (Å²) in [6, 6.07) is 10.1. The first-order valence-corrected chi connectivity index (χ1v) is 9.23. The SMILES string of the molecule is O=C(CN1CCCC1C(=O)Nc1ccc(Cl)cc1Cl)Nc1cccc(F)c1. The van der Waals surface area contributed by atoms with Gasteiger partial charge in [0.05, 0.1) is 23.3 Å². The summed E-state index contributed by atoms with van der Waals surface area (Å²) in [6.07, 6.45) is 1.45. The highest BCUT2D eigenvalue weighted by atomic mass is 35.5. The van der Waals surface area contributed by atoms with E-state index in [-0.39, 0.29) is 18.4 Å². The van der Waals surface area contributed by atoms with Crippen LogP contribution in [0.2, 0.25) is 10.0 Å². The van der Waals surface area contributed by atoms with Crippen LogP contribution < -0.4 is 10.6 Å². The van der Waals surface area contributed by atoms with Crippen LogP contribution in [0.25, 0.3) is 0 Å². The van der Waals surface area contributed by atoms with Crippen molar-refractivity contribution in [2.75, 3.05) is 23.7 Å². The average molecular weight is 410 g/mol. The fraction of sp³-hybridized carbons (Fsp3) is 0.263. The van der Waals surface area contributed by atoms with Gasteiger partial charge in [-0.25, -0.2) is 4.39 Å². The molecule has 0 aliphatic carbocycles. The van der Waals surface area contributed by atoms with E-state index in [0.29, 0.717) is 34.4 Å². The first-order chi connectivity index (χ1) is 12.9. The normalized spacial score (nSPS) is 16.9. The Hall–Kier alpha value is -2.15. The monoisotopic (exact) mass is 409 g/mol. The third-order valence-corrected chi connectivity index (χ3v) is 4.86. The second kappa shape index (κ2) is 8.69. The van der Waals surface area contributed by atoms with Crippen molar-refractivity contribution in [3.8, 4) is 0 Å². The molecule has 27 heavy (non-hydrogen) atoms. The third kappa shape index (κ3) is 5.19. The molecular weight excluding hydrogens is 392 g/mol. The molecular formula is C19H18Cl2FN3O2. The van der Waals surface area contributed by atoms with Gasteiger partial charge in [0.25, 0.3) is 0 Å². The number of likely N-dealkylation sites (tertiary alicyclic amines) is 1. The average Bonchev–Trinajstić information content (AvgIpc) is 3.05. The van der Waals surface area contributed by atoms with Gasteiger partial charge in [0.15, 0.2) is 0 Å². The maximum absolute atomic E-state index is 13.2. The highest BCUT2D eigenvalue weighted by molar-refractivity contribution is 6.36. The zero-order chi connectivity index (χ0) is 19.4. The fourth-order valence-corrected chi connectivity index (χ4v) is 3.53. The predicted octanol–water partition coefficient (Wildman–Crippen LogP) is 4.17. The number of halogens is 3. The summed E-state index contributed by atoms with van der Waals surface area (Å²) in [6.45, 7) is 0.673. The Kier molecular flexibility index (Phi) is 6.31. The molecule has 2 aromatic rings. The molecule has 0 saturated carbocycles. The van der Waals surface area contributed by atoms with E-state index < -0.39 is 11.9 Å². The van der Waals surface area contributed by atoms with E-state index in [1.807, 2.05) is 0 Å². The summed E-state index contributed by atoms with van der Waals surface area (Å²) in [5.74, 6) is -0.953. The lowest BCUT2D eigenvalue weighted by atomic mass is 10.2. The van der Waals surface area contributed by atoms with E-state index >= 15 is 0 Å². The number of carbonyl (C=O) groups excluding carboxylic acids is 2. The Morgan fingerprint density at radius 3 is 2.70 bits per heavy atom. The highest BCUT2D eigenvalue weighted by Crippen LogP contribution is 2.27. The lowest BCUT2D eigenvalue weighted by Crippen LogP contribution is -2.43. The lowest BCUT2D eigenvalue weighted by Gasteiger charge is -2.23. The molecule has 8 heteroatoms. The smallest absolute Gasteiger partial charge is 0.241 e. The number of amides is 2. The van der Waals surface area contributed by atoms with Crippen molar-refractivity contribution in [3.05, 3.63) is 58.3 Å². The first kappa shape index (κ1) is 19.6. The molecule has 0 spiro atoms. The summed E-state index contributed by atoms with van der Waals surface area (Å²) < 4.78 is 13.2. The molecule has 1 aliphatic heterocycles. The van der Waals surface area contributed by atoms with Gasteiger partial charge in [-0.3, -0.25) is 14.5 Å². The van der Waals surface area contributed by atoms with E-state index in [4.69, 9.17) is 23.2 Å². The lowest BCUT2D eigenvalue weighted by molar-refractivity contribution is -0.122. The first-order valence-electron chi connectivity index (χ1n) is 8.48. The number of carbonyl (C=O) groups is 2. The number of nitrogens with one attached hydrogen (secondary N) is 2. The molecule has 1 atom stereocenters. The van der Waals surface area contributed by atoms with Crippen molar-refractivity contribution < 1.29 is 14.0 Å². The van der Waals surface area contributed by atoms with Crippen LogP contribution in [-0.2, 0) is 9.59 Å². The Bertz CT molecular complexity index is 863. The van der Waals surface area contributed by atoms with Crippen molar-refractivity contribution in [1.82, 2.24) is 4.90 Å². The number of anilines is 2. The zero-order valence-electron chi connectivity index (χ0n) is 14.3. The molecule has 0 aromatic heterocycles. The third-order valence-electron chi connectivity index (χ3n) is 4.31. The van der Waals surface area contributed by atoms with Crippen LogP contribution in [0.3, 0.4) is 0 Å². The second-order valence-electron chi connectivity index (χ2n) is 6.30. The number of hydrogen-bond acceptors (Lipinski definition) is 3. The van der Waals surface area contributed by atoms with Gasteiger partial charge in [-0.15, -0.1) is 0 Å². The second-order valence-corrected chi connectivity index (χ2v) is 7.14. The van der Waals surface area contributed by atoms with Gasteiger partial charge < -0.3 is 10.6 Å². The molecule has 1 saturated heterocycles. The van der Waals surface area contributed by atoms with Crippen LogP contribution in [0.4, 0.5) is 15.8 Å². The van der Waals surface area contributed by atoms with Crippen molar-refractivity contribution >= 4 is 46.4 Å². The van der Waals surface area contributed by atoms with Gasteiger partial charge in [0.2, 0.25) is 11.8 Å². The molecule has 0 radical (unpaired) electrons. The number of hydrogen-bond donors (Lipinski definition) is 2. The molecule has 5 nitrogen and oxygen atoms in total. The van der Waals surface area contributed by atoms with Crippen LogP contribution in [-0.4, -0.2) is 35.8 Å². The van der Waals surface area contributed by atoms with Crippen molar-refractivity contribution in [1.29, 1.82) is 0 Å². The number of nitrogens with zero attached hydrogens (tertiary/aromatic N) is 1. The Balaban J connectivity index is 1.60. The molecule has 1 heterocycles. The van der Waals surface area contributed by atoms with E-state index in [0.717, 1.165) is 6.42 Å². The topological polar surface area (TPSA) is 61.4 Å². The van der Waals surface area contributed by atoms with Gasteiger partial charge in [-0.1, -0.05) is 29.3 Å². The summed E-state index contributed by atoms with van der Waals surface area (Å²) in [5, 5.41) is 6.27. The Labute approximate surface area is 166 Å². The minimum Gasteiger partial charge on any atom is -0.325 e. The molecule has 1 unspecified atom stereocenters. The largest absolute Gasteiger partial charge is 0.325 e. The van der Waals surface area contributed by atoms with Crippen molar-refractivity contribution in [2.24, 2.45) is 0 Å². The van der Waals surface area contributed by atoms with Gasteiger partial charge >= 0.3 is 0 Å². The minimum atomic E-state index is -0.435. The molecule has 0 bridgehead atoms. The van der Waals surface area contributed by atoms with Crippen LogP contribution in [0.15, 0.2) is 42.5 Å². The standard InChI is InChI=1S/C19H18Cl2FN3O2/c20-12-6-7-16(15(21)9-12)24-19(27)17-5-2-8-25(17)11-18(26)23-14-4-1-3-13(22)10-14/h1,3-4,6-7,9-10,17H,2,5,8,11H2,(H,23,26)(H,24,27). The van der Waals surface area contributed by atoms with Crippen LogP contribution in [0.1, 0.15) is 12.8 Å². The molecule has 1 fully saturated rings. The Morgan fingerprint density at radius 1 is 1.15 bits per heavy atom. The fourth-order valence-electron chi connectivity index (χ4n) is 3.07. The molecule has 2 N–H and O–H groups in total. The van der Waals surface area contributed by atoms with Crippen LogP contribution in [0.5, 0.6) is 0 Å². The quantitative estimate of drug-likeness (QED) is 0.778. The molecule has 2 aromatic carbocycles. The van der Waals surface area contributed by atoms with Gasteiger partial charge in [-0.2, -0.15) is 0 Å². The van der Waals surface area contributed by atoms with E-state index in [9.17, 15) is 14.0 Å². The van der Waals surface area contributed by atoms with Gasteiger partial charge in [0.1, 0.15) is 5.82 Å². The maximum atomic E-state index is 13.2.